The van der Waals surface area contributed by atoms with Crippen molar-refractivity contribution in [2.45, 2.75) is 19.9 Å². The summed E-state index contributed by atoms with van der Waals surface area (Å²) in [5, 5.41) is 5.68. The van der Waals surface area contributed by atoms with Gasteiger partial charge in [-0.1, -0.05) is 26.0 Å². The van der Waals surface area contributed by atoms with Crippen LogP contribution in [0.3, 0.4) is 0 Å². The maximum absolute atomic E-state index is 12.8. The van der Waals surface area contributed by atoms with Gasteiger partial charge in [-0.2, -0.15) is 0 Å². The lowest BCUT2D eigenvalue weighted by atomic mass is 10.1. The first kappa shape index (κ1) is 12.5. The lowest BCUT2D eigenvalue weighted by molar-refractivity contribution is -0.120. The zero-order valence-corrected chi connectivity index (χ0v) is 10.4. The Kier molecular flexibility index (Phi) is 3.60. The molecule has 0 spiro atoms. The minimum Gasteiger partial charge on any atom is -0.340 e. The maximum atomic E-state index is 12.8. The maximum Gasteiger partial charge on any atom is 0.253 e. The minimum absolute atomic E-state index is 0.163. The molecule has 5 heteroatoms. The fourth-order valence-corrected chi connectivity index (χ4v) is 1.68. The van der Waals surface area contributed by atoms with E-state index in [1.807, 2.05) is 0 Å². The average Bonchev–Trinajstić information content (AvgIpc) is 2.69. The van der Waals surface area contributed by atoms with Crippen molar-refractivity contribution >= 4 is 11.9 Å². The van der Waals surface area contributed by atoms with E-state index in [1.54, 1.807) is 12.1 Å². The van der Waals surface area contributed by atoms with Crippen LogP contribution in [0.25, 0.3) is 0 Å². The zero-order chi connectivity index (χ0) is 13.1. The largest absolute Gasteiger partial charge is 0.340 e. The molecule has 1 unspecified atom stereocenters. The van der Waals surface area contributed by atoms with Gasteiger partial charge >= 0.3 is 0 Å². The van der Waals surface area contributed by atoms with Crippen LogP contribution in [-0.4, -0.2) is 18.4 Å². The normalized spacial score (nSPS) is 21.2. The minimum atomic E-state index is -0.489. The van der Waals surface area contributed by atoms with Gasteiger partial charge in [-0.05, 0) is 23.6 Å². The molecule has 1 amide bonds. The fraction of sp³-hybridized carbons (Fsp3) is 0.385. The van der Waals surface area contributed by atoms with Crippen molar-refractivity contribution in [1.82, 2.24) is 10.6 Å². The van der Waals surface area contributed by atoms with Gasteiger partial charge in [-0.15, -0.1) is 0 Å². The van der Waals surface area contributed by atoms with Gasteiger partial charge in [0.15, 0.2) is 5.96 Å². The molecular weight excluding hydrogens is 233 g/mol. The van der Waals surface area contributed by atoms with Gasteiger partial charge in [-0.3, -0.25) is 15.1 Å². The number of aliphatic imine (C=N–C) groups is 1. The lowest BCUT2D eigenvalue weighted by Gasteiger charge is -2.07. The molecule has 1 atom stereocenters. The van der Waals surface area contributed by atoms with Crippen molar-refractivity contribution < 1.29 is 9.18 Å². The molecular formula is C13H16FN3O. The highest BCUT2D eigenvalue weighted by Crippen LogP contribution is 2.16. The first-order valence-electron chi connectivity index (χ1n) is 5.93. The predicted octanol–water partition coefficient (Wildman–Crippen LogP) is 1.60. The molecule has 1 heterocycles. The van der Waals surface area contributed by atoms with Crippen LogP contribution in [0.5, 0.6) is 0 Å². The molecule has 0 saturated carbocycles. The number of guanidine groups is 1. The second kappa shape index (κ2) is 5.16. The van der Waals surface area contributed by atoms with Crippen molar-refractivity contribution in [1.29, 1.82) is 0 Å². The Morgan fingerprint density at radius 1 is 1.33 bits per heavy atom. The molecule has 0 radical (unpaired) electrons. The van der Waals surface area contributed by atoms with Crippen molar-refractivity contribution in [3.63, 3.8) is 0 Å². The van der Waals surface area contributed by atoms with E-state index in [0.717, 1.165) is 5.56 Å². The molecule has 1 aromatic carbocycles. The van der Waals surface area contributed by atoms with E-state index in [4.69, 9.17) is 0 Å². The number of halogens is 1. The molecule has 1 aliphatic rings. The standard InChI is InChI=1S/C13H16FN3O/c1-8(2)7-15-13-16-11(12(18)17-13)9-3-5-10(14)6-4-9/h3-6,8,11H,7H2,1-2H3,(H2,15,16,17,18). The van der Waals surface area contributed by atoms with Gasteiger partial charge in [0, 0.05) is 6.54 Å². The van der Waals surface area contributed by atoms with Crippen LogP contribution in [0, 0.1) is 11.7 Å². The van der Waals surface area contributed by atoms with Crippen LogP contribution in [0.15, 0.2) is 29.3 Å². The van der Waals surface area contributed by atoms with Gasteiger partial charge in [0.05, 0.1) is 0 Å². The molecule has 0 aromatic heterocycles. The molecule has 2 N–H and O–H groups in total. The van der Waals surface area contributed by atoms with Crippen LogP contribution < -0.4 is 10.6 Å². The number of nitrogens with one attached hydrogen (secondary N) is 2. The average molecular weight is 249 g/mol. The third-order valence-corrected chi connectivity index (χ3v) is 2.60. The van der Waals surface area contributed by atoms with E-state index in [-0.39, 0.29) is 11.7 Å². The number of rotatable bonds is 3. The highest BCUT2D eigenvalue weighted by molar-refractivity contribution is 6.06. The van der Waals surface area contributed by atoms with Crippen LogP contribution in [0.2, 0.25) is 0 Å². The molecule has 1 saturated heterocycles. The summed E-state index contributed by atoms with van der Waals surface area (Å²) >= 11 is 0. The van der Waals surface area contributed by atoms with Gasteiger partial charge in [0.25, 0.3) is 5.91 Å². The quantitative estimate of drug-likeness (QED) is 0.855. The fourth-order valence-electron chi connectivity index (χ4n) is 1.68. The van der Waals surface area contributed by atoms with Crippen molar-refractivity contribution in [2.75, 3.05) is 6.54 Å². The number of carbonyl (C=O) groups is 1. The number of amides is 1. The summed E-state index contributed by atoms with van der Waals surface area (Å²) in [6, 6.07) is 5.38. The number of benzene rings is 1. The van der Waals surface area contributed by atoms with Crippen LogP contribution >= 0.6 is 0 Å². The molecule has 1 fully saturated rings. The van der Waals surface area contributed by atoms with E-state index in [1.165, 1.54) is 12.1 Å². The Hall–Kier alpha value is -1.91. The first-order chi connectivity index (χ1) is 8.56. The molecule has 0 aliphatic carbocycles. The highest BCUT2D eigenvalue weighted by atomic mass is 19.1. The van der Waals surface area contributed by atoms with Crippen molar-refractivity contribution in [3.05, 3.63) is 35.6 Å². The summed E-state index contributed by atoms with van der Waals surface area (Å²) < 4.78 is 12.8. The smallest absolute Gasteiger partial charge is 0.253 e. The first-order valence-corrected chi connectivity index (χ1v) is 5.93. The van der Waals surface area contributed by atoms with Crippen LogP contribution in [-0.2, 0) is 4.79 Å². The Bertz CT molecular complexity index is 468. The Morgan fingerprint density at radius 2 is 2.00 bits per heavy atom. The molecule has 96 valence electrons. The van der Waals surface area contributed by atoms with Crippen molar-refractivity contribution in [3.8, 4) is 0 Å². The lowest BCUT2D eigenvalue weighted by Crippen LogP contribution is -2.26. The number of hydrogen-bond donors (Lipinski definition) is 2. The van der Waals surface area contributed by atoms with E-state index in [2.05, 4.69) is 29.5 Å². The van der Waals surface area contributed by atoms with E-state index >= 15 is 0 Å². The van der Waals surface area contributed by atoms with Gasteiger partial charge in [0.2, 0.25) is 0 Å². The summed E-state index contributed by atoms with van der Waals surface area (Å²) in [6.45, 7) is 4.76. The number of carbonyl (C=O) groups excluding carboxylic acids is 1. The third kappa shape index (κ3) is 2.85. The second-order valence-electron chi connectivity index (χ2n) is 4.70. The number of nitrogens with zero attached hydrogens (tertiary/aromatic N) is 1. The van der Waals surface area contributed by atoms with Crippen molar-refractivity contribution in [2.24, 2.45) is 10.9 Å². The summed E-state index contributed by atoms with van der Waals surface area (Å²) in [5.41, 5.74) is 0.726. The molecule has 0 bridgehead atoms. The number of hydrogen-bond acceptors (Lipinski definition) is 2. The summed E-state index contributed by atoms with van der Waals surface area (Å²) in [5.74, 6) is 0.444. The molecule has 1 aromatic rings. The van der Waals surface area contributed by atoms with Crippen LogP contribution in [0.4, 0.5) is 4.39 Å². The molecule has 2 rings (SSSR count). The van der Waals surface area contributed by atoms with E-state index in [0.29, 0.717) is 18.4 Å². The highest BCUT2D eigenvalue weighted by Gasteiger charge is 2.29. The second-order valence-corrected chi connectivity index (χ2v) is 4.70. The summed E-state index contributed by atoms with van der Waals surface area (Å²) in [7, 11) is 0. The summed E-state index contributed by atoms with van der Waals surface area (Å²) in [6.07, 6.45) is 0. The monoisotopic (exact) mass is 249 g/mol. The van der Waals surface area contributed by atoms with E-state index in [9.17, 15) is 9.18 Å². The Balaban J connectivity index is 2.10. The third-order valence-electron chi connectivity index (χ3n) is 2.60. The van der Waals surface area contributed by atoms with Gasteiger partial charge in [0.1, 0.15) is 11.9 Å². The predicted molar refractivity (Wildman–Crippen MR) is 67.6 cm³/mol. The SMILES string of the molecule is CC(C)CN=C1NC(=O)C(c2ccc(F)cc2)N1. The zero-order valence-electron chi connectivity index (χ0n) is 10.4. The van der Waals surface area contributed by atoms with Gasteiger partial charge in [-0.25, -0.2) is 4.39 Å². The molecule has 4 nitrogen and oxygen atoms in total. The Morgan fingerprint density at radius 3 is 2.61 bits per heavy atom. The summed E-state index contributed by atoms with van der Waals surface area (Å²) in [4.78, 5) is 16.0. The Labute approximate surface area is 105 Å². The van der Waals surface area contributed by atoms with E-state index < -0.39 is 6.04 Å². The van der Waals surface area contributed by atoms with Crippen LogP contribution in [0.1, 0.15) is 25.5 Å². The molecule has 18 heavy (non-hydrogen) atoms. The topological polar surface area (TPSA) is 53.5 Å². The molecule has 1 aliphatic heterocycles. The van der Waals surface area contributed by atoms with Gasteiger partial charge < -0.3 is 5.32 Å².